The molecule has 0 aliphatic carbocycles. The Kier molecular flexibility index (Phi) is 5.74. The Morgan fingerprint density at radius 2 is 1.69 bits per heavy atom. The Morgan fingerprint density at radius 3 is 2.31 bits per heavy atom. The number of amides is 1. The number of hydrogen-bond acceptors (Lipinski definition) is 3. The van der Waals surface area contributed by atoms with Gasteiger partial charge in [-0.2, -0.15) is 4.31 Å². The van der Waals surface area contributed by atoms with Crippen LogP contribution in [0.2, 0.25) is 0 Å². The van der Waals surface area contributed by atoms with Crippen molar-refractivity contribution < 1.29 is 17.6 Å². The lowest BCUT2D eigenvalue weighted by Crippen LogP contribution is -2.50. The van der Waals surface area contributed by atoms with Crippen molar-refractivity contribution in [2.45, 2.75) is 11.3 Å². The van der Waals surface area contributed by atoms with Gasteiger partial charge in [-0.1, -0.05) is 34.1 Å². The van der Waals surface area contributed by atoms with E-state index >= 15 is 0 Å². The largest absolute Gasteiger partial charge is 0.340 e. The molecule has 0 spiro atoms. The van der Waals surface area contributed by atoms with E-state index in [-0.39, 0.29) is 36.1 Å². The van der Waals surface area contributed by atoms with E-state index in [0.717, 1.165) is 5.56 Å². The Hall–Kier alpha value is -1.77. The second-order valence-electron chi connectivity index (χ2n) is 6.05. The molecular weight excluding hydrogens is 423 g/mol. The molecule has 1 fully saturated rings. The van der Waals surface area contributed by atoms with Crippen LogP contribution in [0.4, 0.5) is 4.39 Å². The van der Waals surface area contributed by atoms with E-state index in [1.807, 2.05) is 0 Å². The first-order valence-electron chi connectivity index (χ1n) is 8.14. The van der Waals surface area contributed by atoms with Gasteiger partial charge in [-0.15, -0.1) is 0 Å². The molecule has 138 valence electrons. The summed E-state index contributed by atoms with van der Waals surface area (Å²) in [5.74, 6) is -0.427. The topological polar surface area (TPSA) is 57.7 Å². The molecule has 26 heavy (non-hydrogen) atoms. The number of benzene rings is 2. The Labute approximate surface area is 160 Å². The summed E-state index contributed by atoms with van der Waals surface area (Å²) in [5, 5.41) is 0. The number of piperazine rings is 1. The summed E-state index contributed by atoms with van der Waals surface area (Å²) in [6, 6.07) is 12.4. The number of hydrogen-bond donors (Lipinski definition) is 0. The summed E-state index contributed by atoms with van der Waals surface area (Å²) in [6.07, 6.45) is 0.179. The maximum atomic E-state index is 12.9. The second kappa shape index (κ2) is 7.85. The molecule has 1 amide bonds. The van der Waals surface area contributed by atoms with E-state index < -0.39 is 10.0 Å². The summed E-state index contributed by atoms with van der Waals surface area (Å²) in [4.78, 5) is 14.3. The molecule has 0 N–H and O–H groups in total. The fourth-order valence-corrected chi connectivity index (χ4v) is 4.86. The van der Waals surface area contributed by atoms with Gasteiger partial charge in [0.1, 0.15) is 5.82 Å². The maximum Gasteiger partial charge on any atom is 0.243 e. The van der Waals surface area contributed by atoms with Crippen molar-refractivity contribution in [3.63, 3.8) is 0 Å². The zero-order valence-corrected chi connectivity index (χ0v) is 16.3. The van der Waals surface area contributed by atoms with Gasteiger partial charge in [0, 0.05) is 30.7 Å². The molecule has 0 unspecified atom stereocenters. The van der Waals surface area contributed by atoms with Gasteiger partial charge in [0.15, 0.2) is 0 Å². The quantitative estimate of drug-likeness (QED) is 0.733. The van der Waals surface area contributed by atoms with E-state index in [0.29, 0.717) is 17.6 Å². The first kappa shape index (κ1) is 19.0. The first-order chi connectivity index (χ1) is 12.4. The number of carbonyl (C=O) groups excluding carboxylic acids is 1. The Balaban J connectivity index is 1.61. The molecule has 1 aliphatic rings. The summed E-state index contributed by atoms with van der Waals surface area (Å²) in [5.41, 5.74) is 0.737. The van der Waals surface area contributed by atoms with E-state index in [9.17, 15) is 17.6 Å². The van der Waals surface area contributed by atoms with Gasteiger partial charge in [0.05, 0.1) is 11.3 Å². The monoisotopic (exact) mass is 440 g/mol. The van der Waals surface area contributed by atoms with Crippen LogP contribution in [0.25, 0.3) is 0 Å². The molecule has 0 radical (unpaired) electrons. The molecule has 5 nitrogen and oxygen atoms in total. The zero-order chi connectivity index (χ0) is 18.7. The average Bonchev–Trinajstić information content (AvgIpc) is 2.64. The van der Waals surface area contributed by atoms with Gasteiger partial charge in [-0.3, -0.25) is 4.79 Å². The normalized spacial score (nSPS) is 15.8. The molecule has 2 aromatic carbocycles. The molecule has 2 aromatic rings. The highest BCUT2D eigenvalue weighted by Gasteiger charge is 2.30. The lowest BCUT2D eigenvalue weighted by Gasteiger charge is -2.34. The van der Waals surface area contributed by atoms with Crippen LogP contribution < -0.4 is 0 Å². The van der Waals surface area contributed by atoms with E-state index in [2.05, 4.69) is 15.9 Å². The molecule has 1 saturated heterocycles. The molecule has 0 saturated carbocycles. The summed E-state index contributed by atoms with van der Waals surface area (Å²) in [6.45, 7) is 1.19. The van der Waals surface area contributed by atoms with Crippen molar-refractivity contribution in [3.8, 4) is 0 Å². The maximum absolute atomic E-state index is 12.9. The van der Waals surface area contributed by atoms with Crippen molar-refractivity contribution in [1.29, 1.82) is 0 Å². The van der Waals surface area contributed by atoms with E-state index in [1.165, 1.54) is 16.4 Å². The summed E-state index contributed by atoms with van der Waals surface area (Å²) in [7, 11) is -3.57. The molecule has 8 heteroatoms. The number of halogens is 2. The van der Waals surface area contributed by atoms with E-state index in [4.69, 9.17) is 0 Å². The highest BCUT2D eigenvalue weighted by Crippen LogP contribution is 2.21. The van der Waals surface area contributed by atoms with Crippen molar-refractivity contribution in [2.24, 2.45) is 0 Å². The lowest BCUT2D eigenvalue weighted by molar-refractivity contribution is -0.131. The predicted molar refractivity (Wildman–Crippen MR) is 99.6 cm³/mol. The lowest BCUT2D eigenvalue weighted by atomic mass is 10.1. The number of sulfonamides is 1. The molecule has 0 atom stereocenters. The Morgan fingerprint density at radius 1 is 1.04 bits per heavy atom. The average molecular weight is 441 g/mol. The fourth-order valence-electron chi connectivity index (χ4n) is 2.84. The molecule has 3 rings (SSSR count). The number of carbonyl (C=O) groups is 1. The molecule has 1 heterocycles. The Bertz CT molecular complexity index is 895. The van der Waals surface area contributed by atoms with Gasteiger partial charge >= 0.3 is 0 Å². The molecule has 0 bridgehead atoms. The summed E-state index contributed by atoms with van der Waals surface area (Å²) < 4.78 is 40.4. The molecule has 1 aliphatic heterocycles. The van der Waals surface area contributed by atoms with Crippen molar-refractivity contribution in [1.82, 2.24) is 9.21 Å². The summed E-state index contributed by atoms with van der Waals surface area (Å²) >= 11 is 3.28. The third kappa shape index (κ3) is 4.31. The molecular formula is C18H18BrFN2O3S. The van der Waals surface area contributed by atoms with Crippen LogP contribution in [-0.4, -0.2) is 49.7 Å². The number of nitrogens with zero attached hydrogens (tertiary/aromatic N) is 2. The molecule has 0 aromatic heterocycles. The van der Waals surface area contributed by atoms with Gasteiger partial charge in [0.2, 0.25) is 15.9 Å². The van der Waals surface area contributed by atoms with Crippen LogP contribution in [0.3, 0.4) is 0 Å². The smallest absolute Gasteiger partial charge is 0.243 e. The van der Waals surface area contributed by atoms with Gasteiger partial charge in [0.25, 0.3) is 0 Å². The van der Waals surface area contributed by atoms with E-state index in [1.54, 1.807) is 41.3 Å². The standard InChI is InChI=1S/C18H18BrFN2O3S/c19-15-2-1-3-17(13-15)26(24,25)22-10-8-21(9-11-22)18(23)12-14-4-6-16(20)7-5-14/h1-7,13H,8-12H2. The van der Waals surface area contributed by atoms with Crippen LogP contribution in [0.1, 0.15) is 5.56 Å². The fraction of sp³-hybridized carbons (Fsp3) is 0.278. The predicted octanol–water partition coefficient (Wildman–Crippen LogP) is 2.66. The third-order valence-electron chi connectivity index (χ3n) is 4.29. The van der Waals surface area contributed by atoms with Crippen molar-refractivity contribution in [2.75, 3.05) is 26.2 Å². The zero-order valence-electron chi connectivity index (χ0n) is 13.9. The van der Waals surface area contributed by atoms with Crippen LogP contribution in [0.5, 0.6) is 0 Å². The minimum absolute atomic E-state index is 0.0869. The van der Waals surface area contributed by atoms with Crippen LogP contribution >= 0.6 is 15.9 Å². The van der Waals surface area contributed by atoms with Crippen LogP contribution in [0.15, 0.2) is 57.9 Å². The first-order valence-corrected chi connectivity index (χ1v) is 10.4. The number of rotatable bonds is 4. The van der Waals surface area contributed by atoms with Gasteiger partial charge < -0.3 is 4.90 Å². The third-order valence-corrected chi connectivity index (χ3v) is 6.68. The van der Waals surface area contributed by atoms with Crippen LogP contribution in [0, 0.1) is 5.82 Å². The van der Waals surface area contributed by atoms with Crippen LogP contribution in [-0.2, 0) is 21.2 Å². The minimum Gasteiger partial charge on any atom is -0.340 e. The second-order valence-corrected chi connectivity index (χ2v) is 8.90. The highest BCUT2D eigenvalue weighted by molar-refractivity contribution is 9.10. The minimum atomic E-state index is -3.57. The van der Waals surface area contributed by atoms with Crippen molar-refractivity contribution in [3.05, 3.63) is 64.4 Å². The van der Waals surface area contributed by atoms with Gasteiger partial charge in [-0.05, 0) is 35.9 Å². The van der Waals surface area contributed by atoms with Gasteiger partial charge in [-0.25, -0.2) is 12.8 Å². The van der Waals surface area contributed by atoms with Crippen molar-refractivity contribution >= 4 is 31.9 Å². The SMILES string of the molecule is O=C(Cc1ccc(F)cc1)N1CCN(S(=O)(=O)c2cccc(Br)c2)CC1. The highest BCUT2D eigenvalue weighted by atomic mass is 79.9.